The molecule has 106 valence electrons. The van der Waals surface area contributed by atoms with Gasteiger partial charge in [-0.15, -0.1) is 0 Å². The molecule has 2 nitrogen and oxygen atoms in total. The highest BCUT2D eigenvalue weighted by molar-refractivity contribution is 5.39. The van der Waals surface area contributed by atoms with Gasteiger partial charge in [-0.25, -0.2) is 0 Å². The van der Waals surface area contributed by atoms with Gasteiger partial charge in [-0.3, -0.25) is 0 Å². The highest BCUT2D eigenvalue weighted by Crippen LogP contribution is 2.38. The van der Waals surface area contributed by atoms with Crippen LogP contribution in [0.2, 0.25) is 0 Å². The second-order valence-electron chi connectivity index (χ2n) is 5.49. The zero-order valence-corrected chi connectivity index (χ0v) is 12.3. The minimum absolute atomic E-state index is 0.597. The van der Waals surface area contributed by atoms with Crippen LogP contribution in [0.1, 0.15) is 50.2 Å². The Hall–Kier alpha value is -0.860. The maximum atomic E-state index is 5.62. The molecule has 0 aromatic heterocycles. The Labute approximate surface area is 117 Å². The topological polar surface area (TPSA) is 21.3 Å². The third kappa shape index (κ3) is 4.05. The van der Waals surface area contributed by atoms with Crippen LogP contribution >= 0.6 is 0 Å². The Morgan fingerprint density at radius 3 is 2.84 bits per heavy atom. The highest BCUT2D eigenvalue weighted by atomic mass is 16.5. The van der Waals surface area contributed by atoms with Gasteiger partial charge in [-0.05, 0) is 49.3 Å². The van der Waals surface area contributed by atoms with Crippen molar-refractivity contribution in [1.82, 2.24) is 5.32 Å². The normalized spacial score (nSPS) is 18.7. The van der Waals surface area contributed by atoms with Crippen LogP contribution in [-0.2, 0) is 11.2 Å². The van der Waals surface area contributed by atoms with Gasteiger partial charge in [-0.2, -0.15) is 0 Å². The molecule has 2 heteroatoms. The van der Waals surface area contributed by atoms with Crippen molar-refractivity contribution in [3.8, 4) is 0 Å². The Morgan fingerprint density at radius 1 is 1.26 bits per heavy atom. The summed E-state index contributed by atoms with van der Waals surface area (Å²) in [5.74, 6) is 0.756. The second kappa shape index (κ2) is 7.66. The van der Waals surface area contributed by atoms with E-state index in [-0.39, 0.29) is 0 Å². The average Bonchev–Trinajstić information content (AvgIpc) is 2.40. The van der Waals surface area contributed by atoms with E-state index in [4.69, 9.17) is 4.74 Å². The molecule has 0 bridgehead atoms. The molecule has 0 amide bonds. The molecule has 0 saturated heterocycles. The third-order valence-electron chi connectivity index (χ3n) is 3.98. The number of hydrogen-bond donors (Lipinski definition) is 1. The molecule has 1 aliphatic rings. The van der Waals surface area contributed by atoms with Crippen LogP contribution < -0.4 is 5.32 Å². The predicted octanol–water partition coefficient (Wildman–Crippen LogP) is 3.51. The maximum Gasteiger partial charge on any atom is 0.0480 e. The number of fused-ring (bicyclic) bond motifs is 1. The summed E-state index contributed by atoms with van der Waals surface area (Å²) in [6.45, 7) is 7.18. The van der Waals surface area contributed by atoms with Crippen LogP contribution in [0.15, 0.2) is 24.3 Å². The van der Waals surface area contributed by atoms with Crippen LogP contribution in [0.25, 0.3) is 0 Å². The summed E-state index contributed by atoms with van der Waals surface area (Å²) in [6.07, 6.45) is 4.75. The summed E-state index contributed by atoms with van der Waals surface area (Å²) in [7, 11) is 0. The summed E-state index contributed by atoms with van der Waals surface area (Å²) >= 11 is 0. The zero-order valence-electron chi connectivity index (χ0n) is 12.3. The SMILES string of the molecule is CCCOCCC(CC1Cc2ccccc21)NCC. The van der Waals surface area contributed by atoms with Crippen LogP contribution in [0, 0.1) is 0 Å². The average molecular weight is 261 g/mol. The molecule has 1 aromatic carbocycles. The van der Waals surface area contributed by atoms with Gasteiger partial charge >= 0.3 is 0 Å². The largest absolute Gasteiger partial charge is 0.381 e. The maximum absolute atomic E-state index is 5.62. The quantitative estimate of drug-likeness (QED) is 0.687. The first-order chi connectivity index (χ1) is 9.35. The van der Waals surface area contributed by atoms with Crippen molar-refractivity contribution in [2.24, 2.45) is 0 Å². The monoisotopic (exact) mass is 261 g/mol. The Morgan fingerprint density at radius 2 is 2.11 bits per heavy atom. The molecule has 0 radical (unpaired) electrons. The van der Waals surface area contributed by atoms with E-state index in [0.29, 0.717) is 6.04 Å². The van der Waals surface area contributed by atoms with E-state index in [0.717, 1.165) is 38.5 Å². The Bertz CT molecular complexity index is 377. The van der Waals surface area contributed by atoms with Crippen molar-refractivity contribution in [1.29, 1.82) is 0 Å². The van der Waals surface area contributed by atoms with Crippen LogP contribution in [0.3, 0.4) is 0 Å². The molecule has 0 spiro atoms. The molecule has 2 atom stereocenters. The first-order valence-electron chi connectivity index (χ1n) is 7.74. The third-order valence-corrected chi connectivity index (χ3v) is 3.98. The first kappa shape index (κ1) is 14.5. The molecular weight excluding hydrogens is 234 g/mol. The summed E-state index contributed by atoms with van der Waals surface area (Å²) in [5, 5.41) is 3.61. The molecule has 19 heavy (non-hydrogen) atoms. The Balaban J connectivity index is 1.78. The van der Waals surface area contributed by atoms with Gasteiger partial charge in [0.05, 0.1) is 0 Å². The fourth-order valence-electron chi connectivity index (χ4n) is 2.98. The summed E-state index contributed by atoms with van der Waals surface area (Å²) in [4.78, 5) is 0. The fourth-order valence-corrected chi connectivity index (χ4v) is 2.98. The van der Waals surface area contributed by atoms with E-state index < -0.39 is 0 Å². The van der Waals surface area contributed by atoms with Gasteiger partial charge in [0, 0.05) is 19.3 Å². The molecule has 1 aromatic rings. The van der Waals surface area contributed by atoms with E-state index in [1.165, 1.54) is 12.8 Å². The van der Waals surface area contributed by atoms with Gasteiger partial charge < -0.3 is 10.1 Å². The van der Waals surface area contributed by atoms with E-state index in [2.05, 4.69) is 43.4 Å². The van der Waals surface area contributed by atoms with Gasteiger partial charge in [-0.1, -0.05) is 38.1 Å². The first-order valence-corrected chi connectivity index (χ1v) is 7.74. The summed E-state index contributed by atoms with van der Waals surface area (Å²) in [5.41, 5.74) is 3.12. The van der Waals surface area contributed by atoms with E-state index in [1.54, 1.807) is 11.1 Å². The molecule has 1 aliphatic carbocycles. The molecule has 2 unspecified atom stereocenters. The smallest absolute Gasteiger partial charge is 0.0480 e. The molecule has 0 saturated carbocycles. The van der Waals surface area contributed by atoms with Crippen LogP contribution in [0.4, 0.5) is 0 Å². The van der Waals surface area contributed by atoms with Crippen LogP contribution in [0.5, 0.6) is 0 Å². The van der Waals surface area contributed by atoms with Gasteiger partial charge in [0.2, 0.25) is 0 Å². The Kier molecular flexibility index (Phi) is 5.87. The van der Waals surface area contributed by atoms with Crippen LogP contribution in [-0.4, -0.2) is 25.8 Å². The molecule has 0 aliphatic heterocycles. The fraction of sp³-hybridized carbons (Fsp3) is 0.647. The lowest BCUT2D eigenvalue weighted by molar-refractivity contribution is 0.122. The van der Waals surface area contributed by atoms with Crippen molar-refractivity contribution in [2.75, 3.05) is 19.8 Å². The van der Waals surface area contributed by atoms with Crippen molar-refractivity contribution in [3.63, 3.8) is 0 Å². The number of rotatable bonds is 9. The van der Waals surface area contributed by atoms with Gasteiger partial charge in [0.1, 0.15) is 0 Å². The summed E-state index contributed by atoms with van der Waals surface area (Å²) < 4.78 is 5.62. The second-order valence-corrected chi connectivity index (χ2v) is 5.49. The van der Waals surface area contributed by atoms with E-state index in [9.17, 15) is 0 Å². The van der Waals surface area contributed by atoms with Gasteiger partial charge in [0.25, 0.3) is 0 Å². The van der Waals surface area contributed by atoms with E-state index in [1.807, 2.05) is 0 Å². The predicted molar refractivity (Wildman–Crippen MR) is 80.7 cm³/mol. The van der Waals surface area contributed by atoms with E-state index >= 15 is 0 Å². The van der Waals surface area contributed by atoms with Crippen molar-refractivity contribution >= 4 is 0 Å². The van der Waals surface area contributed by atoms with Crippen molar-refractivity contribution < 1.29 is 4.74 Å². The number of benzene rings is 1. The lowest BCUT2D eigenvalue weighted by atomic mass is 9.74. The van der Waals surface area contributed by atoms with Gasteiger partial charge in [0.15, 0.2) is 0 Å². The highest BCUT2D eigenvalue weighted by Gasteiger charge is 2.27. The zero-order chi connectivity index (χ0) is 13.5. The minimum atomic E-state index is 0.597. The lowest BCUT2D eigenvalue weighted by Crippen LogP contribution is -2.34. The minimum Gasteiger partial charge on any atom is -0.381 e. The molecular formula is C17H27NO. The molecule has 0 fully saturated rings. The lowest BCUT2D eigenvalue weighted by Gasteiger charge is -2.33. The molecule has 0 heterocycles. The molecule has 2 rings (SSSR count). The number of hydrogen-bond acceptors (Lipinski definition) is 2. The summed E-state index contributed by atoms with van der Waals surface area (Å²) in [6, 6.07) is 9.46. The van der Waals surface area contributed by atoms with Crippen molar-refractivity contribution in [2.45, 2.75) is 51.5 Å². The number of ether oxygens (including phenoxy) is 1. The number of nitrogens with one attached hydrogen (secondary N) is 1. The standard InChI is InChI=1S/C17H27NO/c1-3-10-19-11-9-16(18-4-2)13-15-12-14-7-5-6-8-17(14)15/h5-8,15-16,18H,3-4,9-13H2,1-2H3. The van der Waals surface area contributed by atoms with Crippen molar-refractivity contribution in [3.05, 3.63) is 35.4 Å². The molecule has 1 N–H and O–H groups in total.